The third-order valence-electron chi connectivity index (χ3n) is 5.36. The van der Waals surface area contributed by atoms with Crippen LogP contribution in [0.25, 0.3) is 0 Å². The third-order valence-corrected chi connectivity index (χ3v) is 5.36. The fourth-order valence-electron chi connectivity index (χ4n) is 3.61. The predicted molar refractivity (Wildman–Crippen MR) is 103 cm³/mol. The molecule has 7 heteroatoms. The van der Waals surface area contributed by atoms with Crippen molar-refractivity contribution in [3.8, 4) is 5.75 Å². The molecule has 1 saturated heterocycles. The molecule has 2 aliphatic rings. The number of nitrogens with zero attached hydrogens (tertiary/aromatic N) is 2. The standard InChI is InChI=1S/C21H24FN3O3/c1-27-19-3-2-16(22)12-15(19)14-21(5-6-21)24-20(26)18-13-17(4-7-23-18)25-8-10-28-11-9-25/h2-4,7,12-13H,5-6,8-11,14H2,1H3,(H,24,26). The van der Waals surface area contributed by atoms with Gasteiger partial charge in [0.05, 0.1) is 20.3 Å². The van der Waals surface area contributed by atoms with Crippen molar-refractivity contribution < 1.29 is 18.7 Å². The summed E-state index contributed by atoms with van der Waals surface area (Å²) < 4.78 is 24.4. The molecule has 1 saturated carbocycles. The lowest BCUT2D eigenvalue weighted by Gasteiger charge is -2.29. The molecule has 2 fully saturated rings. The van der Waals surface area contributed by atoms with Crippen LogP contribution in [0.1, 0.15) is 28.9 Å². The van der Waals surface area contributed by atoms with Crippen LogP contribution in [0.3, 0.4) is 0 Å². The molecular formula is C21H24FN3O3. The van der Waals surface area contributed by atoms with E-state index in [9.17, 15) is 9.18 Å². The van der Waals surface area contributed by atoms with Crippen molar-refractivity contribution >= 4 is 11.6 Å². The summed E-state index contributed by atoms with van der Waals surface area (Å²) >= 11 is 0. The van der Waals surface area contributed by atoms with Gasteiger partial charge in [-0.1, -0.05) is 0 Å². The van der Waals surface area contributed by atoms with Crippen molar-refractivity contribution in [1.82, 2.24) is 10.3 Å². The summed E-state index contributed by atoms with van der Waals surface area (Å²) in [6.07, 6.45) is 3.89. The predicted octanol–water partition coefficient (Wildman–Crippen LogP) is 2.57. The van der Waals surface area contributed by atoms with Crippen LogP contribution in [-0.2, 0) is 11.2 Å². The molecule has 1 aliphatic carbocycles. The number of aromatic nitrogens is 1. The minimum absolute atomic E-state index is 0.206. The molecule has 4 rings (SSSR count). The van der Waals surface area contributed by atoms with E-state index in [4.69, 9.17) is 9.47 Å². The van der Waals surface area contributed by atoms with Crippen molar-refractivity contribution in [1.29, 1.82) is 0 Å². The smallest absolute Gasteiger partial charge is 0.270 e. The second kappa shape index (κ2) is 7.75. The average molecular weight is 385 g/mol. The van der Waals surface area contributed by atoms with Crippen LogP contribution >= 0.6 is 0 Å². The van der Waals surface area contributed by atoms with Crippen LogP contribution in [0.2, 0.25) is 0 Å². The number of carbonyl (C=O) groups is 1. The molecule has 0 radical (unpaired) electrons. The van der Waals surface area contributed by atoms with Gasteiger partial charge in [-0.25, -0.2) is 4.39 Å². The number of hydrogen-bond donors (Lipinski definition) is 1. The topological polar surface area (TPSA) is 63.7 Å². The molecule has 1 aromatic carbocycles. The summed E-state index contributed by atoms with van der Waals surface area (Å²) in [4.78, 5) is 19.3. The van der Waals surface area contributed by atoms with E-state index < -0.39 is 0 Å². The van der Waals surface area contributed by atoms with E-state index >= 15 is 0 Å². The second-order valence-corrected chi connectivity index (χ2v) is 7.37. The van der Waals surface area contributed by atoms with Crippen molar-refractivity contribution in [2.75, 3.05) is 38.3 Å². The van der Waals surface area contributed by atoms with Crippen LogP contribution in [0.4, 0.5) is 10.1 Å². The Morgan fingerprint density at radius 1 is 1.29 bits per heavy atom. The molecule has 28 heavy (non-hydrogen) atoms. The van der Waals surface area contributed by atoms with Gasteiger partial charge in [-0.05, 0) is 55.2 Å². The van der Waals surface area contributed by atoms with Crippen LogP contribution in [0, 0.1) is 5.82 Å². The van der Waals surface area contributed by atoms with Crippen molar-refractivity contribution in [3.05, 3.63) is 53.6 Å². The number of pyridine rings is 1. The van der Waals surface area contributed by atoms with E-state index in [-0.39, 0.29) is 17.3 Å². The van der Waals surface area contributed by atoms with Gasteiger partial charge in [0.25, 0.3) is 5.91 Å². The maximum Gasteiger partial charge on any atom is 0.270 e. The molecule has 1 N–H and O–H groups in total. The normalized spacial score (nSPS) is 17.9. The zero-order valence-corrected chi connectivity index (χ0v) is 15.9. The summed E-state index contributed by atoms with van der Waals surface area (Å²) in [5, 5.41) is 3.11. The van der Waals surface area contributed by atoms with Gasteiger partial charge >= 0.3 is 0 Å². The highest BCUT2D eigenvalue weighted by molar-refractivity contribution is 5.94. The highest BCUT2D eigenvalue weighted by atomic mass is 19.1. The minimum Gasteiger partial charge on any atom is -0.496 e. The molecular weight excluding hydrogens is 361 g/mol. The highest BCUT2D eigenvalue weighted by Crippen LogP contribution is 2.40. The van der Waals surface area contributed by atoms with E-state index in [0.29, 0.717) is 31.1 Å². The monoisotopic (exact) mass is 385 g/mol. The molecule has 0 atom stereocenters. The number of halogens is 1. The van der Waals surface area contributed by atoms with Crippen molar-refractivity contribution in [3.63, 3.8) is 0 Å². The quantitative estimate of drug-likeness (QED) is 0.828. The number of morpholine rings is 1. The van der Waals surface area contributed by atoms with Gasteiger partial charge in [-0.2, -0.15) is 0 Å². The first-order chi connectivity index (χ1) is 13.6. The lowest BCUT2D eigenvalue weighted by atomic mass is 10.0. The zero-order chi connectivity index (χ0) is 19.6. The Morgan fingerprint density at radius 2 is 2.07 bits per heavy atom. The summed E-state index contributed by atoms with van der Waals surface area (Å²) in [7, 11) is 1.57. The first-order valence-corrected chi connectivity index (χ1v) is 9.52. The van der Waals surface area contributed by atoms with Crippen LogP contribution in [0.5, 0.6) is 5.75 Å². The summed E-state index contributed by atoms with van der Waals surface area (Å²) in [5.41, 5.74) is 1.76. The van der Waals surface area contributed by atoms with Gasteiger partial charge in [-0.15, -0.1) is 0 Å². The van der Waals surface area contributed by atoms with Crippen LogP contribution in [-0.4, -0.2) is 49.8 Å². The van der Waals surface area contributed by atoms with Gasteiger partial charge in [0.1, 0.15) is 17.3 Å². The average Bonchev–Trinajstić information content (AvgIpc) is 3.47. The van der Waals surface area contributed by atoms with E-state index in [2.05, 4.69) is 15.2 Å². The van der Waals surface area contributed by atoms with E-state index in [1.807, 2.05) is 12.1 Å². The fourth-order valence-corrected chi connectivity index (χ4v) is 3.61. The number of benzene rings is 1. The van der Waals surface area contributed by atoms with Crippen LogP contribution in [0.15, 0.2) is 36.5 Å². The molecule has 6 nitrogen and oxygen atoms in total. The molecule has 1 aromatic heterocycles. The van der Waals surface area contributed by atoms with Crippen molar-refractivity contribution in [2.24, 2.45) is 0 Å². The number of hydrogen-bond acceptors (Lipinski definition) is 5. The molecule has 1 aliphatic heterocycles. The van der Waals surface area contributed by atoms with Gasteiger partial charge in [0.2, 0.25) is 0 Å². The third kappa shape index (κ3) is 4.09. The first kappa shape index (κ1) is 18.7. The number of anilines is 1. The summed E-state index contributed by atoms with van der Waals surface area (Å²) in [6, 6.07) is 8.20. The fraction of sp³-hybridized carbons (Fsp3) is 0.429. The largest absolute Gasteiger partial charge is 0.496 e. The zero-order valence-electron chi connectivity index (χ0n) is 15.9. The Hall–Kier alpha value is -2.67. The number of ether oxygens (including phenoxy) is 2. The Labute approximate surface area is 163 Å². The highest BCUT2D eigenvalue weighted by Gasteiger charge is 2.44. The Bertz CT molecular complexity index is 864. The lowest BCUT2D eigenvalue weighted by molar-refractivity contribution is 0.0926. The molecule has 0 spiro atoms. The number of carbonyl (C=O) groups excluding carboxylic acids is 1. The Morgan fingerprint density at radius 3 is 2.79 bits per heavy atom. The lowest BCUT2D eigenvalue weighted by Crippen LogP contribution is -2.39. The minimum atomic E-state index is -0.366. The number of amides is 1. The molecule has 0 unspecified atom stereocenters. The van der Waals surface area contributed by atoms with E-state index in [1.165, 1.54) is 12.1 Å². The first-order valence-electron chi connectivity index (χ1n) is 9.52. The molecule has 2 aromatic rings. The summed E-state index contributed by atoms with van der Waals surface area (Å²) in [6.45, 7) is 2.97. The molecule has 2 heterocycles. The van der Waals surface area contributed by atoms with Gasteiger partial charge in [0, 0.05) is 30.5 Å². The second-order valence-electron chi connectivity index (χ2n) is 7.37. The van der Waals surface area contributed by atoms with Crippen molar-refractivity contribution in [2.45, 2.75) is 24.8 Å². The molecule has 148 valence electrons. The van der Waals surface area contributed by atoms with Crippen LogP contribution < -0.4 is 15.0 Å². The molecule has 1 amide bonds. The number of rotatable bonds is 6. The Kier molecular flexibility index (Phi) is 5.17. The maximum atomic E-state index is 13.7. The van der Waals surface area contributed by atoms with E-state index in [1.54, 1.807) is 19.4 Å². The molecule has 0 bridgehead atoms. The number of nitrogens with one attached hydrogen (secondary N) is 1. The summed E-state index contributed by atoms with van der Waals surface area (Å²) in [5.74, 6) is 0.121. The van der Waals surface area contributed by atoms with Gasteiger partial charge in [-0.3, -0.25) is 9.78 Å². The van der Waals surface area contributed by atoms with Gasteiger partial charge < -0.3 is 19.7 Å². The Balaban J connectivity index is 1.47. The van der Waals surface area contributed by atoms with Gasteiger partial charge in [0.15, 0.2) is 0 Å². The maximum absolute atomic E-state index is 13.7. The SMILES string of the molecule is COc1ccc(F)cc1CC1(NC(=O)c2cc(N3CCOCC3)ccn2)CC1. The number of methoxy groups -OCH3 is 1. The van der Waals surface area contributed by atoms with E-state index in [0.717, 1.165) is 37.2 Å².